The number of aliphatic carboxylic acids is 1. The Bertz CT molecular complexity index is 671. The maximum Gasteiger partial charge on any atom is 0.573 e. The number of alkyl halides is 3. The van der Waals surface area contributed by atoms with Crippen molar-refractivity contribution >= 4 is 17.9 Å². The van der Waals surface area contributed by atoms with Gasteiger partial charge >= 0.3 is 12.3 Å². The number of carboxylic acid groups (broad SMARTS) is 1. The minimum absolute atomic E-state index is 0.0356. The van der Waals surface area contributed by atoms with Gasteiger partial charge in [-0.3, -0.25) is 4.79 Å². The highest BCUT2D eigenvalue weighted by atomic mass is 32.2. The SMILES string of the molecule is O=C(O)C1(SN2CCC(OCc3ccc(OC(F)(F)F)cc3)CC2)CCOCC1. The van der Waals surface area contributed by atoms with Crippen molar-refractivity contribution in [3.05, 3.63) is 29.8 Å². The second-order valence-corrected chi connectivity index (χ2v) is 8.61. The van der Waals surface area contributed by atoms with E-state index in [1.165, 1.54) is 24.1 Å². The molecule has 1 N–H and O–H groups in total. The fourth-order valence-electron chi connectivity index (χ4n) is 3.38. The molecule has 0 aliphatic carbocycles. The molecule has 0 unspecified atom stereocenters. The Morgan fingerprint density at radius 3 is 2.38 bits per heavy atom. The molecule has 0 bridgehead atoms. The zero-order valence-corrected chi connectivity index (χ0v) is 16.6. The van der Waals surface area contributed by atoms with Gasteiger partial charge in [0, 0.05) is 26.3 Å². The predicted molar refractivity (Wildman–Crippen MR) is 101 cm³/mol. The molecule has 0 radical (unpaired) electrons. The lowest BCUT2D eigenvalue weighted by molar-refractivity contribution is -0.274. The summed E-state index contributed by atoms with van der Waals surface area (Å²) < 4.78 is 52.9. The lowest BCUT2D eigenvalue weighted by Crippen LogP contribution is -2.45. The van der Waals surface area contributed by atoms with Crippen molar-refractivity contribution in [2.75, 3.05) is 26.3 Å². The second-order valence-electron chi connectivity index (χ2n) is 7.13. The average Bonchev–Trinajstić information content (AvgIpc) is 2.68. The van der Waals surface area contributed by atoms with Gasteiger partial charge in [-0.25, -0.2) is 4.31 Å². The molecule has 6 nitrogen and oxygen atoms in total. The van der Waals surface area contributed by atoms with Crippen LogP contribution in [-0.2, 0) is 20.9 Å². The molecule has 2 saturated heterocycles. The molecule has 3 rings (SSSR count). The number of benzene rings is 1. The molecule has 2 heterocycles. The van der Waals surface area contributed by atoms with Gasteiger partial charge < -0.3 is 19.3 Å². The zero-order chi connectivity index (χ0) is 20.9. The van der Waals surface area contributed by atoms with E-state index in [0.29, 0.717) is 32.7 Å². The third kappa shape index (κ3) is 6.50. The first-order chi connectivity index (χ1) is 13.8. The number of carbonyl (C=O) groups is 1. The van der Waals surface area contributed by atoms with E-state index in [-0.39, 0.29) is 11.9 Å². The first kappa shape index (κ1) is 22.2. The summed E-state index contributed by atoms with van der Waals surface area (Å²) in [7, 11) is 0. The van der Waals surface area contributed by atoms with Gasteiger partial charge in [0.05, 0.1) is 12.7 Å². The van der Waals surface area contributed by atoms with Crippen molar-refractivity contribution in [1.29, 1.82) is 0 Å². The molecule has 0 saturated carbocycles. The van der Waals surface area contributed by atoms with Gasteiger partial charge in [-0.15, -0.1) is 13.2 Å². The summed E-state index contributed by atoms with van der Waals surface area (Å²) in [6, 6.07) is 5.64. The van der Waals surface area contributed by atoms with Crippen molar-refractivity contribution < 1.29 is 37.3 Å². The van der Waals surface area contributed by atoms with Crippen LogP contribution in [0.2, 0.25) is 0 Å². The van der Waals surface area contributed by atoms with Gasteiger partial charge in [-0.2, -0.15) is 0 Å². The van der Waals surface area contributed by atoms with Crippen LogP contribution in [0.5, 0.6) is 5.75 Å². The largest absolute Gasteiger partial charge is 0.573 e. The van der Waals surface area contributed by atoms with Crippen molar-refractivity contribution in [2.24, 2.45) is 0 Å². The van der Waals surface area contributed by atoms with Crippen LogP contribution < -0.4 is 4.74 Å². The highest BCUT2D eigenvalue weighted by molar-refractivity contribution is 7.99. The van der Waals surface area contributed by atoms with Crippen LogP contribution in [0.4, 0.5) is 13.2 Å². The number of piperidine rings is 1. The number of ether oxygens (including phenoxy) is 3. The van der Waals surface area contributed by atoms with E-state index >= 15 is 0 Å². The van der Waals surface area contributed by atoms with E-state index < -0.39 is 17.1 Å². The molecule has 0 amide bonds. The van der Waals surface area contributed by atoms with Crippen LogP contribution in [0.15, 0.2) is 24.3 Å². The van der Waals surface area contributed by atoms with E-state index in [1.807, 2.05) is 0 Å². The van der Waals surface area contributed by atoms with E-state index in [9.17, 15) is 23.1 Å². The van der Waals surface area contributed by atoms with Crippen LogP contribution in [-0.4, -0.2) is 58.9 Å². The van der Waals surface area contributed by atoms with Crippen LogP contribution in [0, 0.1) is 0 Å². The van der Waals surface area contributed by atoms with E-state index in [1.54, 1.807) is 12.1 Å². The van der Waals surface area contributed by atoms with Crippen molar-refractivity contribution in [2.45, 2.75) is 49.5 Å². The number of carboxylic acids is 1. The minimum atomic E-state index is -4.70. The summed E-state index contributed by atoms with van der Waals surface area (Å²) >= 11 is 1.41. The molecular formula is C19H24F3NO5S. The first-order valence-corrected chi connectivity index (χ1v) is 10.2. The lowest BCUT2D eigenvalue weighted by atomic mass is 9.99. The number of nitrogens with zero attached hydrogens (tertiary/aromatic N) is 1. The predicted octanol–water partition coefficient (Wildman–Crippen LogP) is 3.85. The van der Waals surface area contributed by atoms with Gasteiger partial charge in [0.1, 0.15) is 10.5 Å². The molecule has 2 fully saturated rings. The Labute approximate surface area is 171 Å². The van der Waals surface area contributed by atoms with Gasteiger partial charge in [-0.05, 0) is 43.4 Å². The molecule has 0 atom stereocenters. The Morgan fingerprint density at radius 2 is 1.83 bits per heavy atom. The van der Waals surface area contributed by atoms with Crippen molar-refractivity contribution in [1.82, 2.24) is 4.31 Å². The smallest absolute Gasteiger partial charge is 0.480 e. The Morgan fingerprint density at radius 1 is 1.21 bits per heavy atom. The molecule has 162 valence electrons. The number of hydrogen-bond acceptors (Lipinski definition) is 6. The summed E-state index contributed by atoms with van der Waals surface area (Å²) in [4.78, 5) is 11.8. The quantitative estimate of drug-likeness (QED) is 0.653. The Hall–Kier alpha value is -1.49. The number of rotatable bonds is 7. The minimum Gasteiger partial charge on any atom is -0.480 e. The highest BCUT2D eigenvalue weighted by Gasteiger charge is 2.43. The van der Waals surface area contributed by atoms with Crippen LogP contribution >= 0.6 is 11.9 Å². The van der Waals surface area contributed by atoms with Gasteiger partial charge in [0.15, 0.2) is 0 Å². The van der Waals surface area contributed by atoms with Crippen molar-refractivity contribution in [3.8, 4) is 5.75 Å². The normalized spacial score (nSPS) is 21.1. The van der Waals surface area contributed by atoms with E-state index in [4.69, 9.17) is 9.47 Å². The lowest BCUT2D eigenvalue weighted by Gasteiger charge is -2.39. The maximum atomic E-state index is 12.2. The average molecular weight is 435 g/mol. The summed E-state index contributed by atoms with van der Waals surface area (Å²) in [6.07, 6.45) is -2.13. The summed E-state index contributed by atoms with van der Waals surface area (Å²) in [5.74, 6) is -1.05. The third-order valence-electron chi connectivity index (χ3n) is 5.04. The molecule has 2 aliphatic heterocycles. The molecule has 0 aromatic heterocycles. The van der Waals surface area contributed by atoms with Gasteiger partial charge in [0.25, 0.3) is 0 Å². The Balaban J connectivity index is 1.42. The molecule has 29 heavy (non-hydrogen) atoms. The Kier molecular flexibility index (Phi) is 7.31. The molecular weight excluding hydrogens is 411 g/mol. The van der Waals surface area contributed by atoms with Crippen molar-refractivity contribution in [3.63, 3.8) is 0 Å². The van der Waals surface area contributed by atoms with Crippen LogP contribution in [0.1, 0.15) is 31.2 Å². The maximum absolute atomic E-state index is 12.2. The fraction of sp³-hybridized carbons (Fsp3) is 0.632. The fourth-order valence-corrected chi connectivity index (χ4v) is 4.70. The zero-order valence-electron chi connectivity index (χ0n) is 15.8. The second kappa shape index (κ2) is 9.55. The van der Waals surface area contributed by atoms with Gasteiger partial charge in [0.2, 0.25) is 0 Å². The number of hydrogen-bond donors (Lipinski definition) is 1. The number of halogens is 3. The first-order valence-electron chi connectivity index (χ1n) is 9.47. The standard InChI is InChI=1S/C19H24F3NO5S/c20-19(21,22)28-16-3-1-14(2-4-16)13-27-15-5-9-23(10-6-15)29-18(17(24)25)7-11-26-12-8-18/h1-4,15H,5-13H2,(H,24,25). The molecule has 10 heteroatoms. The molecule has 1 aromatic rings. The van der Waals surface area contributed by atoms with Crippen LogP contribution in [0.3, 0.4) is 0 Å². The summed E-state index contributed by atoms with van der Waals surface area (Å²) in [5.41, 5.74) is 0.767. The van der Waals surface area contributed by atoms with Crippen LogP contribution in [0.25, 0.3) is 0 Å². The summed E-state index contributed by atoms with van der Waals surface area (Å²) in [6.45, 7) is 2.69. The monoisotopic (exact) mass is 435 g/mol. The molecule has 0 spiro atoms. The van der Waals surface area contributed by atoms with Gasteiger partial charge in [-0.1, -0.05) is 24.1 Å². The van der Waals surface area contributed by atoms with E-state index in [2.05, 4.69) is 9.04 Å². The van der Waals surface area contributed by atoms with E-state index in [0.717, 1.165) is 31.5 Å². The molecule has 2 aliphatic rings. The topological polar surface area (TPSA) is 68.2 Å². The molecule has 1 aromatic carbocycles. The third-order valence-corrected chi connectivity index (χ3v) is 6.59. The summed E-state index contributed by atoms with van der Waals surface area (Å²) in [5, 5.41) is 9.66. The highest BCUT2D eigenvalue weighted by Crippen LogP contribution is 2.39.